The Kier molecular flexibility index (Phi) is 5.47. The first-order valence-electron chi connectivity index (χ1n) is 9.11. The van der Waals surface area contributed by atoms with Crippen LogP contribution in [0.2, 0.25) is 0 Å². The molecule has 5 nitrogen and oxygen atoms in total. The molecular formula is C17H30N4O. The molecule has 5 heteroatoms. The van der Waals surface area contributed by atoms with E-state index < -0.39 is 0 Å². The molecule has 1 aromatic heterocycles. The van der Waals surface area contributed by atoms with Gasteiger partial charge in [-0.1, -0.05) is 26.7 Å². The molecule has 1 aliphatic carbocycles. The lowest BCUT2D eigenvalue weighted by atomic mass is 9.85. The molecular weight excluding hydrogens is 276 g/mol. The predicted octanol–water partition coefficient (Wildman–Crippen LogP) is 3.21. The average molecular weight is 306 g/mol. The van der Waals surface area contributed by atoms with Crippen molar-refractivity contribution in [2.24, 2.45) is 0 Å². The van der Waals surface area contributed by atoms with Gasteiger partial charge in [-0.05, 0) is 45.3 Å². The van der Waals surface area contributed by atoms with Crippen molar-refractivity contribution in [1.29, 1.82) is 0 Å². The molecule has 0 aromatic carbocycles. The van der Waals surface area contributed by atoms with Gasteiger partial charge in [-0.15, -0.1) is 10.2 Å². The first-order chi connectivity index (χ1) is 10.8. The van der Waals surface area contributed by atoms with E-state index >= 15 is 0 Å². The highest BCUT2D eigenvalue weighted by Crippen LogP contribution is 2.37. The molecule has 0 radical (unpaired) electrons. The number of aromatic nitrogens is 2. The van der Waals surface area contributed by atoms with E-state index in [-0.39, 0.29) is 0 Å². The number of rotatable bonds is 7. The Bertz CT molecular complexity index is 453. The van der Waals surface area contributed by atoms with Crippen molar-refractivity contribution < 1.29 is 4.42 Å². The summed E-state index contributed by atoms with van der Waals surface area (Å²) >= 11 is 0. The van der Waals surface area contributed by atoms with E-state index in [1.54, 1.807) is 0 Å². The number of piperidine rings is 1. The van der Waals surface area contributed by atoms with Crippen LogP contribution in [0.1, 0.15) is 76.1 Å². The minimum Gasteiger partial charge on any atom is -0.423 e. The molecule has 1 atom stereocenters. The lowest BCUT2D eigenvalue weighted by Crippen LogP contribution is -2.39. The molecule has 1 unspecified atom stereocenters. The quantitative estimate of drug-likeness (QED) is 0.774. The third-order valence-electron chi connectivity index (χ3n) is 5.41. The van der Waals surface area contributed by atoms with Crippen LogP contribution in [0.4, 0.5) is 0 Å². The fourth-order valence-electron chi connectivity index (χ4n) is 3.55. The van der Waals surface area contributed by atoms with E-state index in [9.17, 15) is 0 Å². The van der Waals surface area contributed by atoms with Crippen molar-refractivity contribution in [3.8, 4) is 0 Å². The minimum atomic E-state index is 0.339. The van der Waals surface area contributed by atoms with Gasteiger partial charge in [-0.25, -0.2) is 0 Å². The van der Waals surface area contributed by atoms with E-state index in [4.69, 9.17) is 4.42 Å². The van der Waals surface area contributed by atoms with Gasteiger partial charge in [-0.2, -0.15) is 0 Å². The fraction of sp³-hybridized carbons (Fsp3) is 0.882. The van der Waals surface area contributed by atoms with Crippen molar-refractivity contribution in [3.05, 3.63) is 11.8 Å². The topological polar surface area (TPSA) is 45.4 Å². The number of likely N-dealkylation sites (tertiary alicyclic amines) is 1. The fourth-order valence-corrected chi connectivity index (χ4v) is 3.55. The molecule has 3 rings (SSSR count). The van der Waals surface area contributed by atoms with E-state index in [0.29, 0.717) is 12.0 Å². The molecule has 0 amide bonds. The Labute approximate surface area is 134 Å². The zero-order valence-electron chi connectivity index (χ0n) is 14.1. The van der Waals surface area contributed by atoms with Crippen molar-refractivity contribution in [2.45, 2.75) is 64.3 Å². The lowest BCUT2D eigenvalue weighted by molar-refractivity contribution is 0.107. The van der Waals surface area contributed by atoms with Crippen LogP contribution in [0, 0.1) is 0 Å². The van der Waals surface area contributed by atoms with Crippen LogP contribution in [-0.2, 0) is 0 Å². The number of hydrogen-bond donors (Lipinski definition) is 0. The van der Waals surface area contributed by atoms with Gasteiger partial charge >= 0.3 is 0 Å². The smallest absolute Gasteiger partial charge is 0.233 e. The van der Waals surface area contributed by atoms with E-state index in [1.807, 2.05) is 0 Å². The first kappa shape index (κ1) is 15.9. The van der Waals surface area contributed by atoms with Crippen LogP contribution in [0.25, 0.3) is 0 Å². The molecule has 2 aliphatic rings. The molecule has 0 bridgehead atoms. The van der Waals surface area contributed by atoms with Crippen molar-refractivity contribution in [2.75, 3.05) is 32.7 Å². The number of hydrogen-bond acceptors (Lipinski definition) is 5. The summed E-state index contributed by atoms with van der Waals surface area (Å²) in [6.07, 6.45) is 7.47. The maximum Gasteiger partial charge on any atom is 0.233 e. The maximum absolute atomic E-state index is 6.04. The Hall–Kier alpha value is -0.940. The molecule has 1 aliphatic heterocycles. The molecule has 2 heterocycles. The normalized spacial score (nSPS) is 23.9. The molecule has 124 valence electrons. The molecule has 1 saturated heterocycles. The summed E-state index contributed by atoms with van der Waals surface area (Å²) in [7, 11) is 0. The van der Waals surface area contributed by atoms with Crippen molar-refractivity contribution in [1.82, 2.24) is 20.0 Å². The van der Waals surface area contributed by atoms with Gasteiger partial charge in [0.25, 0.3) is 0 Å². The lowest BCUT2D eigenvalue weighted by Gasteiger charge is -2.34. The van der Waals surface area contributed by atoms with Gasteiger partial charge in [0, 0.05) is 19.0 Å². The van der Waals surface area contributed by atoms with Crippen molar-refractivity contribution in [3.63, 3.8) is 0 Å². The van der Waals surface area contributed by atoms with E-state index in [1.165, 1.54) is 32.1 Å². The standard InChI is InChI=1S/C17H30N4O/c1-3-20(4-2)12-13-21-11-6-5-10-15(21)17-19-18-16(22-17)14-8-7-9-14/h14-15H,3-13H2,1-2H3. The number of nitrogens with zero attached hydrogens (tertiary/aromatic N) is 4. The average Bonchev–Trinajstić information content (AvgIpc) is 2.96. The van der Waals surface area contributed by atoms with E-state index in [0.717, 1.165) is 50.9 Å². The summed E-state index contributed by atoms with van der Waals surface area (Å²) in [6, 6.07) is 0.339. The van der Waals surface area contributed by atoms with Gasteiger partial charge in [0.05, 0.1) is 6.04 Å². The Morgan fingerprint density at radius 3 is 2.50 bits per heavy atom. The summed E-state index contributed by atoms with van der Waals surface area (Å²) in [6.45, 7) is 10.1. The third-order valence-corrected chi connectivity index (χ3v) is 5.41. The molecule has 2 fully saturated rings. The summed E-state index contributed by atoms with van der Waals surface area (Å²) in [5, 5.41) is 8.71. The first-order valence-corrected chi connectivity index (χ1v) is 9.11. The van der Waals surface area contributed by atoms with Crippen molar-refractivity contribution >= 4 is 0 Å². The second kappa shape index (κ2) is 7.55. The second-order valence-electron chi connectivity index (χ2n) is 6.68. The Morgan fingerprint density at radius 2 is 1.82 bits per heavy atom. The largest absolute Gasteiger partial charge is 0.423 e. The van der Waals surface area contributed by atoms with Crippen LogP contribution in [-0.4, -0.2) is 52.7 Å². The summed E-state index contributed by atoms with van der Waals surface area (Å²) in [4.78, 5) is 5.04. The highest BCUT2D eigenvalue weighted by atomic mass is 16.4. The maximum atomic E-state index is 6.04. The molecule has 0 N–H and O–H groups in total. The van der Waals surface area contributed by atoms with Gasteiger partial charge < -0.3 is 9.32 Å². The van der Waals surface area contributed by atoms with Crippen LogP contribution in [0.5, 0.6) is 0 Å². The van der Waals surface area contributed by atoms with Gasteiger partial charge in [0.1, 0.15) is 0 Å². The Balaban J connectivity index is 1.62. The second-order valence-corrected chi connectivity index (χ2v) is 6.68. The van der Waals surface area contributed by atoms with Crippen LogP contribution in [0.15, 0.2) is 4.42 Å². The predicted molar refractivity (Wildman–Crippen MR) is 86.8 cm³/mol. The Morgan fingerprint density at radius 1 is 1.05 bits per heavy atom. The summed E-state index contributed by atoms with van der Waals surface area (Å²) in [5.41, 5.74) is 0. The molecule has 1 aromatic rings. The summed E-state index contributed by atoms with van der Waals surface area (Å²) in [5.74, 6) is 2.28. The zero-order valence-corrected chi connectivity index (χ0v) is 14.1. The van der Waals surface area contributed by atoms with Crippen LogP contribution >= 0.6 is 0 Å². The van der Waals surface area contributed by atoms with Gasteiger partial charge in [0.15, 0.2) is 0 Å². The third kappa shape index (κ3) is 3.51. The SMILES string of the molecule is CCN(CC)CCN1CCCCC1c1nnc(C2CCC2)o1. The highest BCUT2D eigenvalue weighted by Gasteiger charge is 2.31. The molecule has 22 heavy (non-hydrogen) atoms. The number of likely N-dealkylation sites (N-methyl/N-ethyl adjacent to an activating group) is 1. The van der Waals surface area contributed by atoms with Crippen LogP contribution in [0.3, 0.4) is 0 Å². The van der Waals surface area contributed by atoms with Gasteiger partial charge in [-0.3, -0.25) is 4.90 Å². The molecule has 1 saturated carbocycles. The zero-order chi connectivity index (χ0) is 15.4. The van der Waals surface area contributed by atoms with Crippen LogP contribution < -0.4 is 0 Å². The van der Waals surface area contributed by atoms with E-state index in [2.05, 4.69) is 33.8 Å². The highest BCUT2D eigenvalue weighted by molar-refractivity contribution is 4.99. The molecule has 0 spiro atoms. The monoisotopic (exact) mass is 306 g/mol. The summed E-state index contributed by atoms with van der Waals surface area (Å²) < 4.78 is 6.04. The minimum absolute atomic E-state index is 0.339. The van der Waals surface area contributed by atoms with Gasteiger partial charge in [0.2, 0.25) is 11.8 Å².